The van der Waals surface area contributed by atoms with Gasteiger partial charge in [-0.1, -0.05) is 60.5 Å². The van der Waals surface area contributed by atoms with Crippen LogP contribution in [-0.4, -0.2) is 32.3 Å². The third kappa shape index (κ3) is 5.29. The number of carbonyl (C=O) groups is 1. The van der Waals surface area contributed by atoms with Gasteiger partial charge in [0.05, 0.1) is 22.7 Å². The van der Waals surface area contributed by atoms with Crippen LogP contribution in [0.1, 0.15) is 41.3 Å². The summed E-state index contributed by atoms with van der Waals surface area (Å²) in [6.07, 6.45) is 2.04. The van der Waals surface area contributed by atoms with Gasteiger partial charge >= 0.3 is 0 Å². The van der Waals surface area contributed by atoms with E-state index < -0.39 is 10.0 Å². The molecule has 0 saturated carbocycles. The first kappa shape index (κ1) is 24.3. The molecule has 0 N–H and O–H groups in total. The highest BCUT2D eigenvalue weighted by Crippen LogP contribution is 2.31. The predicted molar refractivity (Wildman–Crippen MR) is 137 cm³/mol. The summed E-state index contributed by atoms with van der Waals surface area (Å²) < 4.78 is 29.1. The van der Waals surface area contributed by atoms with E-state index in [4.69, 9.17) is 11.6 Å². The van der Waals surface area contributed by atoms with Crippen molar-refractivity contribution in [3.05, 3.63) is 94.5 Å². The lowest BCUT2D eigenvalue weighted by molar-refractivity contribution is 0.0684. The summed E-state index contributed by atoms with van der Waals surface area (Å²) in [5, 5.41) is 0.575. The molecule has 0 spiro atoms. The van der Waals surface area contributed by atoms with Crippen LogP contribution in [-0.2, 0) is 16.6 Å². The Labute approximate surface area is 207 Å². The fraction of sp³-hybridized carbons (Fsp3) is 0.296. The SMILES string of the molecule is Cc1ccc(S(=O)(=O)N(Cc2ccc(Cl)cc2)c2ccccc2C(=O)N2CCCC(C)C2)cc1. The van der Waals surface area contributed by atoms with Crippen LogP contribution in [0.5, 0.6) is 0 Å². The predicted octanol–water partition coefficient (Wildman–Crippen LogP) is 5.92. The molecule has 1 aliphatic heterocycles. The van der Waals surface area contributed by atoms with Crippen molar-refractivity contribution < 1.29 is 13.2 Å². The van der Waals surface area contributed by atoms with Crippen LogP contribution < -0.4 is 4.31 Å². The van der Waals surface area contributed by atoms with E-state index in [1.807, 2.05) is 11.8 Å². The lowest BCUT2D eigenvalue weighted by atomic mass is 9.99. The Hall–Kier alpha value is -2.83. The van der Waals surface area contributed by atoms with Crippen molar-refractivity contribution in [3.63, 3.8) is 0 Å². The highest BCUT2D eigenvalue weighted by atomic mass is 35.5. The van der Waals surface area contributed by atoms with Crippen LogP contribution in [0.2, 0.25) is 5.02 Å². The molecule has 1 fully saturated rings. The molecule has 1 amide bonds. The first-order valence-corrected chi connectivity index (χ1v) is 13.3. The summed E-state index contributed by atoms with van der Waals surface area (Å²) in [5.41, 5.74) is 2.51. The smallest absolute Gasteiger partial charge is 0.264 e. The molecule has 0 radical (unpaired) electrons. The number of likely N-dealkylation sites (tertiary alicyclic amines) is 1. The van der Waals surface area contributed by atoms with E-state index in [0.717, 1.165) is 24.0 Å². The van der Waals surface area contributed by atoms with Crippen molar-refractivity contribution in [2.24, 2.45) is 5.92 Å². The Kier molecular flexibility index (Phi) is 7.29. The molecule has 0 aromatic heterocycles. The molecule has 1 saturated heterocycles. The molecule has 1 aliphatic rings. The van der Waals surface area contributed by atoms with Gasteiger partial charge in [-0.25, -0.2) is 8.42 Å². The number of benzene rings is 3. The standard InChI is InChI=1S/C27H29ClN2O3S/c1-20-9-15-24(16-10-20)34(32,33)30(19-22-11-13-23(28)14-12-22)26-8-4-3-7-25(26)27(31)29-17-5-6-21(2)18-29/h3-4,7-16,21H,5-6,17-19H2,1-2H3. The zero-order chi connectivity index (χ0) is 24.3. The van der Waals surface area contributed by atoms with Crippen LogP contribution >= 0.6 is 11.6 Å². The van der Waals surface area contributed by atoms with E-state index in [1.165, 1.54) is 4.31 Å². The van der Waals surface area contributed by atoms with Crippen LogP contribution in [0.4, 0.5) is 5.69 Å². The molecule has 1 heterocycles. The summed E-state index contributed by atoms with van der Waals surface area (Å²) in [7, 11) is -3.95. The van der Waals surface area contributed by atoms with Crippen molar-refractivity contribution >= 4 is 33.2 Å². The maximum absolute atomic E-state index is 13.9. The molecule has 1 unspecified atom stereocenters. The average Bonchev–Trinajstić information content (AvgIpc) is 2.83. The molecule has 3 aromatic rings. The second-order valence-electron chi connectivity index (χ2n) is 8.97. The minimum Gasteiger partial charge on any atom is -0.338 e. The maximum atomic E-state index is 13.9. The zero-order valence-electron chi connectivity index (χ0n) is 19.4. The maximum Gasteiger partial charge on any atom is 0.264 e. The Balaban J connectivity index is 1.80. The van der Waals surface area contributed by atoms with Gasteiger partial charge in [0.15, 0.2) is 0 Å². The largest absolute Gasteiger partial charge is 0.338 e. The zero-order valence-corrected chi connectivity index (χ0v) is 21.0. The number of nitrogens with zero attached hydrogens (tertiary/aromatic N) is 2. The number of sulfonamides is 1. The monoisotopic (exact) mass is 496 g/mol. The summed E-state index contributed by atoms with van der Waals surface area (Å²) in [4.78, 5) is 15.6. The molecular formula is C27H29ClN2O3S. The van der Waals surface area contributed by atoms with Crippen LogP contribution in [0, 0.1) is 12.8 Å². The van der Waals surface area contributed by atoms with Gasteiger partial charge in [-0.2, -0.15) is 0 Å². The minimum atomic E-state index is -3.95. The highest BCUT2D eigenvalue weighted by Gasteiger charge is 2.31. The number of anilines is 1. The van der Waals surface area contributed by atoms with Gasteiger partial charge in [-0.3, -0.25) is 9.10 Å². The second-order valence-corrected chi connectivity index (χ2v) is 11.3. The van der Waals surface area contributed by atoms with E-state index in [2.05, 4.69) is 6.92 Å². The van der Waals surface area contributed by atoms with Crippen LogP contribution in [0.3, 0.4) is 0 Å². The summed E-state index contributed by atoms with van der Waals surface area (Å²) in [6.45, 7) is 5.48. The lowest BCUT2D eigenvalue weighted by Gasteiger charge is -2.33. The number of carbonyl (C=O) groups excluding carboxylic acids is 1. The molecular weight excluding hydrogens is 468 g/mol. The van der Waals surface area contributed by atoms with Crippen molar-refractivity contribution in [3.8, 4) is 0 Å². The molecule has 3 aromatic carbocycles. The Morgan fingerprint density at radius 1 is 1.03 bits per heavy atom. The Bertz CT molecular complexity index is 1260. The first-order chi connectivity index (χ1) is 16.3. The lowest BCUT2D eigenvalue weighted by Crippen LogP contribution is -2.40. The Morgan fingerprint density at radius 3 is 2.38 bits per heavy atom. The fourth-order valence-corrected chi connectivity index (χ4v) is 5.91. The minimum absolute atomic E-state index is 0.0775. The summed E-state index contributed by atoms with van der Waals surface area (Å²) in [6, 6.07) is 20.8. The molecule has 34 heavy (non-hydrogen) atoms. The molecule has 0 aliphatic carbocycles. The molecule has 5 nitrogen and oxygen atoms in total. The quantitative estimate of drug-likeness (QED) is 0.426. The third-order valence-electron chi connectivity index (χ3n) is 6.20. The number of hydrogen-bond donors (Lipinski definition) is 0. The number of para-hydroxylation sites is 1. The number of amides is 1. The van der Waals surface area contributed by atoms with E-state index in [9.17, 15) is 13.2 Å². The van der Waals surface area contributed by atoms with Crippen molar-refractivity contribution in [1.29, 1.82) is 0 Å². The van der Waals surface area contributed by atoms with Gasteiger partial charge < -0.3 is 4.90 Å². The van der Waals surface area contributed by atoms with E-state index in [0.29, 0.717) is 35.3 Å². The number of aryl methyl sites for hydroxylation is 1. The number of rotatable bonds is 6. The second kappa shape index (κ2) is 10.2. The van der Waals surface area contributed by atoms with Crippen molar-refractivity contribution in [2.45, 2.75) is 38.1 Å². The Morgan fingerprint density at radius 2 is 1.71 bits per heavy atom. The van der Waals surface area contributed by atoms with E-state index in [1.54, 1.807) is 72.8 Å². The van der Waals surface area contributed by atoms with Gasteiger partial charge in [0.25, 0.3) is 15.9 Å². The van der Waals surface area contributed by atoms with Crippen molar-refractivity contribution in [2.75, 3.05) is 17.4 Å². The highest BCUT2D eigenvalue weighted by molar-refractivity contribution is 7.92. The van der Waals surface area contributed by atoms with E-state index >= 15 is 0 Å². The van der Waals surface area contributed by atoms with Crippen LogP contribution in [0.25, 0.3) is 0 Å². The third-order valence-corrected chi connectivity index (χ3v) is 8.22. The van der Waals surface area contributed by atoms with Crippen molar-refractivity contribution in [1.82, 2.24) is 4.90 Å². The number of piperidine rings is 1. The molecule has 1 atom stereocenters. The molecule has 7 heteroatoms. The molecule has 178 valence electrons. The van der Waals surface area contributed by atoms with Gasteiger partial charge in [0.1, 0.15) is 0 Å². The summed E-state index contributed by atoms with van der Waals surface area (Å²) >= 11 is 6.05. The molecule has 4 rings (SSSR count). The topological polar surface area (TPSA) is 57.7 Å². The first-order valence-electron chi connectivity index (χ1n) is 11.5. The van der Waals surface area contributed by atoms with Gasteiger partial charge in [-0.05, 0) is 67.6 Å². The van der Waals surface area contributed by atoms with Crippen LogP contribution in [0.15, 0.2) is 77.7 Å². The van der Waals surface area contributed by atoms with Gasteiger partial charge in [0, 0.05) is 18.1 Å². The summed E-state index contributed by atoms with van der Waals surface area (Å²) in [5.74, 6) is 0.286. The van der Waals surface area contributed by atoms with Gasteiger partial charge in [-0.15, -0.1) is 0 Å². The fourth-order valence-electron chi connectivity index (χ4n) is 4.31. The normalized spacial score (nSPS) is 16.3. The van der Waals surface area contributed by atoms with Gasteiger partial charge in [0.2, 0.25) is 0 Å². The number of hydrogen-bond acceptors (Lipinski definition) is 3. The van der Waals surface area contributed by atoms with E-state index in [-0.39, 0.29) is 17.3 Å². The average molecular weight is 497 g/mol. The molecule has 0 bridgehead atoms. The number of halogens is 1.